The van der Waals surface area contributed by atoms with Crippen LogP contribution in [0.4, 0.5) is 0 Å². The maximum Gasteiger partial charge on any atom is 0.338 e. The molecular weight excluding hydrogens is 881 g/mol. The highest BCUT2D eigenvalue weighted by molar-refractivity contribution is 5.90. The summed E-state index contributed by atoms with van der Waals surface area (Å²) in [6.07, 6.45) is 4.28. The topological polar surface area (TPSA) is 191 Å². The van der Waals surface area contributed by atoms with Gasteiger partial charge in [0.25, 0.3) is 0 Å². The second-order valence-electron chi connectivity index (χ2n) is 15.9. The summed E-state index contributed by atoms with van der Waals surface area (Å²) in [6.45, 7) is 14.8. The van der Waals surface area contributed by atoms with E-state index in [1.54, 1.807) is 122 Å². The number of nitrogens with zero attached hydrogens (tertiary/aromatic N) is 6. The fourth-order valence-corrected chi connectivity index (χ4v) is 7.20. The minimum absolute atomic E-state index is 0.0327. The molecule has 0 radical (unpaired) electrons. The maximum atomic E-state index is 12.6. The highest BCUT2D eigenvalue weighted by atomic mass is 16.5. The van der Waals surface area contributed by atoms with E-state index in [9.17, 15) is 24.9 Å². The Labute approximate surface area is 408 Å². The molecule has 1 atom stereocenters. The highest BCUT2D eigenvalue weighted by Gasteiger charge is 2.19. The molecule has 0 saturated heterocycles. The van der Waals surface area contributed by atoms with Gasteiger partial charge in [-0.3, -0.25) is 0 Å². The van der Waals surface area contributed by atoms with E-state index >= 15 is 0 Å². The Morgan fingerprint density at radius 3 is 1.21 bits per heavy atom. The summed E-state index contributed by atoms with van der Waals surface area (Å²) in [5.74, 6) is 2.00. The standard InChI is InChI=1S/C30H31N3O4.C25H21N3O3.C2H4/c1-3-5-10-20(4-2)19-37-30(36)22-17-15-21(16-18-22)27-31-28(23-11-6-8-13-25(23)34)33-29(32-27)24-12-7-9-14-26(24)35;1-3-31-25(30)18-14-12-17(13-15-18)22-26-23(19-9-5-4-8-16(19)2)28-24(27-22)20-10-6-7-11-21(20)29;1-2/h6-9,11-18,20,34-35H,3-5,10,19H2,1-2H3;4-15,29H,3H2,1-2H3;1-2H2. The Hall–Kier alpha value is -8.58. The van der Waals surface area contributed by atoms with Crippen LogP contribution in [0.15, 0.2) is 159 Å². The zero-order chi connectivity index (χ0) is 50.0. The van der Waals surface area contributed by atoms with Crippen molar-refractivity contribution in [1.29, 1.82) is 0 Å². The van der Waals surface area contributed by atoms with E-state index in [0.29, 0.717) is 75.8 Å². The van der Waals surface area contributed by atoms with Crippen LogP contribution in [0.2, 0.25) is 0 Å². The fourth-order valence-electron chi connectivity index (χ4n) is 7.20. The first-order valence-corrected chi connectivity index (χ1v) is 23.0. The first-order valence-electron chi connectivity index (χ1n) is 23.0. The molecule has 0 amide bonds. The van der Waals surface area contributed by atoms with Crippen molar-refractivity contribution in [3.05, 3.63) is 175 Å². The van der Waals surface area contributed by atoms with Crippen LogP contribution in [0.3, 0.4) is 0 Å². The Bertz CT molecular complexity index is 2890. The van der Waals surface area contributed by atoms with Crippen molar-refractivity contribution >= 4 is 11.9 Å². The summed E-state index contributed by atoms with van der Waals surface area (Å²) in [5, 5.41) is 31.1. The Morgan fingerprint density at radius 1 is 0.486 bits per heavy atom. The Morgan fingerprint density at radius 2 is 0.843 bits per heavy atom. The number of phenolic OH excluding ortho intramolecular Hbond substituents is 3. The van der Waals surface area contributed by atoms with Crippen molar-refractivity contribution in [2.24, 2.45) is 5.92 Å². The van der Waals surface area contributed by atoms with Gasteiger partial charge >= 0.3 is 11.9 Å². The van der Waals surface area contributed by atoms with Crippen LogP contribution < -0.4 is 0 Å². The van der Waals surface area contributed by atoms with E-state index in [1.165, 1.54) is 0 Å². The largest absolute Gasteiger partial charge is 0.507 e. The first kappa shape index (κ1) is 50.8. The molecule has 8 aromatic rings. The van der Waals surface area contributed by atoms with Crippen molar-refractivity contribution in [2.75, 3.05) is 13.2 Å². The molecule has 0 aliphatic carbocycles. The number of ether oxygens (including phenoxy) is 2. The fraction of sp³-hybridized carbons (Fsp3) is 0.193. The summed E-state index contributed by atoms with van der Waals surface area (Å²) in [4.78, 5) is 52.2. The van der Waals surface area contributed by atoms with Crippen molar-refractivity contribution in [2.45, 2.75) is 53.4 Å². The monoisotopic (exact) mass is 936 g/mol. The van der Waals surface area contributed by atoms with E-state index in [-0.39, 0.29) is 40.8 Å². The van der Waals surface area contributed by atoms with Gasteiger partial charge in [0.1, 0.15) is 17.2 Å². The average molecular weight is 937 g/mol. The number of esters is 2. The SMILES string of the molecule is C=C.CCCCC(CC)COC(=O)c1ccc(-c2nc(-c3ccccc3O)nc(-c3ccccc3O)n2)cc1.CCOC(=O)c1ccc(-c2nc(-c3ccccc3C)nc(-c3ccccc3O)n2)cc1. The smallest absolute Gasteiger partial charge is 0.338 e. The van der Waals surface area contributed by atoms with Gasteiger partial charge in [-0.05, 0) is 92.4 Å². The summed E-state index contributed by atoms with van der Waals surface area (Å²) < 4.78 is 10.6. The van der Waals surface area contributed by atoms with Gasteiger partial charge in [0.05, 0.1) is 41.0 Å². The third-order valence-corrected chi connectivity index (χ3v) is 11.1. The van der Waals surface area contributed by atoms with Crippen LogP contribution in [0.5, 0.6) is 17.2 Å². The van der Waals surface area contributed by atoms with Crippen LogP contribution in [0.25, 0.3) is 68.3 Å². The minimum Gasteiger partial charge on any atom is -0.507 e. The zero-order valence-electron chi connectivity index (χ0n) is 39.7. The lowest BCUT2D eigenvalue weighted by Crippen LogP contribution is -2.14. The van der Waals surface area contributed by atoms with Gasteiger partial charge in [-0.25, -0.2) is 39.5 Å². The maximum absolute atomic E-state index is 12.6. The lowest BCUT2D eigenvalue weighted by Gasteiger charge is -2.14. The molecule has 0 aliphatic rings. The quantitative estimate of drug-likeness (QED) is 0.0650. The number of aryl methyl sites for hydroxylation is 1. The average Bonchev–Trinajstić information content (AvgIpc) is 3.40. The van der Waals surface area contributed by atoms with Gasteiger partial charge in [-0.2, -0.15) is 0 Å². The molecule has 0 spiro atoms. The third-order valence-electron chi connectivity index (χ3n) is 11.1. The summed E-state index contributed by atoms with van der Waals surface area (Å²) in [5.41, 5.74) is 5.59. The van der Waals surface area contributed by atoms with Gasteiger partial charge in [-0.1, -0.05) is 118 Å². The van der Waals surface area contributed by atoms with Gasteiger partial charge in [-0.15, -0.1) is 13.2 Å². The lowest BCUT2D eigenvalue weighted by atomic mass is 10.0. The molecule has 13 heteroatoms. The number of aromatic nitrogens is 6. The molecule has 0 fully saturated rings. The highest BCUT2D eigenvalue weighted by Crippen LogP contribution is 2.33. The number of rotatable bonds is 15. The number of para-hydroxylation sites is 3. The van der Waals surface area contributed by atoms with Crippen LogP contribution in [0.1, 0.15) is 72.7 Å². The molecule has 0 aliphatic heterocycles. The van der Waals surface area contributed by atoms with E-state index < -0.39 is 0 Å². The second-order valence-corrected chi connectivity index (χ2v) is 15.9. The number of phenols is 3. The van der Waals surface area contributed by atoms with Crippen molar-refractivity contribution in [1.82, 2.24) is 29.9 Å². The van der Waals surface area contributed by atoms with E-state index in [0.717, 1.165) is 42.4 Å². The molecule has 13 nitrogen and oxygen atoms in total. The van der Waals surface area contributed by atoms with Gasteiger partial charge in [0, 0.05) is 16.7 Å². The lowest BCUT2D eigenvalue weighted by molar-refractivity contribution is 0.0427. The van der Waals surface area contributed by atoms with Crippen molar-refractivity contribution in [3.63, 3.8) is 0 Å². The second kappa shape index (κ2) is 25.0. The number of hydrogen-bond acceptors (Lipinski definition) is 13. The van der Waals surface area contributed by atoms with Crippen LogP contribution in [0, 0.1) is 12.8 Å². The molecule has 3 N–H and O–H groups in total. The summed E-state index contributed by atoms with van der Waals surface area (Å²) in [7, 11) is 0. The number of hydrogen-bond donors (Lipinski definition) is 3. The Balaban J connectivity index is 0.000000225. The predicted octanol–water partition coefficient (Wildman–Crippen LogP) is 12.5. The molecular formula is C57H56N6O7. The molecule has 2 aromatic heterocycles. The molecule has 0 bridgehead atoms. The number of unbranched alkanes of at least 4 members (excludes halogenated alkanes) is 1. The van der Waals surface area contributed by atoms with Gasteiger partial charge < -0.3 is 24.8 Å². The minimum atomic E-state index is -0.375. The van der Waals surface area contributed by atoms with Crippen LogP contribution >= 0.6 is 0 Å². The summed E-state index contributed by atoms with van der Waals surface area (Å²) >= 11 is 0. The molecule has 70 heavy (non-hydrogen) atoms. The molecule has 6 aromatic carbocycles. The van der Waals surface area contributed by atoms with E-state index in [1.807, 2.05) is 37.3 Å². The van der Waals surface area contributed by atoms with Gasteiger partial charge in [0.2, 0.25) is 0 Å². The normalized spacial score (nSPS) is 11.0. The number of carbonyl (C=O) groups is 2. The number of aromatic hydroxyl groups is 3. The van der Waals surface area contributed by atoms with Crippen LogP contribution in [-0.2, 0) is 9.47 Å². The molecule has 356 valence electrons. The van der Waals surface area contributed by atoms with E-state index in [2.05, 4.69) is 56.9 Å². The predicted molar refractivity (Wildman–Crippen MR) is 273 cm³/mol. The molecule has 0 saturated carbocycles. The zero-order valence-corrected chi connectivity index (χ0v) is 39.7. The van der Waals surface area contributed by atoms with Crippen molar-refractivity contribution in [3.8, 4) is 85.6 Å². The van der Waals surface area contributed by atoms with Crippen LogP contribution in [-0.4, -0.2) is 70.4 Å². The van der Waals surface area contributed by atoms with Crippen molar-refractivity contribution < 1.29 is 34.4 Å². The first-order chi connectivity index (χ1) is 34.1. The third kappa shape index (κ3) is 12.9. The molecule has 8 rings (SSSR count). The number of benzene rings is 6. The molecule has 2 heterocycles. The number of carbonyl (C=O) groups excluding carboxylic acids is 2. The summed E-state index contributed by atoms with van der Waals surface area (Å²) in [6, 6.07) is 42.1. The van der Waals surface area contributed by atoms with Gasteiger partial charge in [0.15, 0.2) is 34.9 Å². The molecule has 1 unspecified atom stereocenters. The van der Waals surface area contributed by atoms with E-state index in [4.69, 9.17) is 9.47 Å². The Kier molecular flexibility index (Phi) is 18.1.